The first kappa shape index (κ1) is 25.0. The molecule has 1 aromatic carbocycles. The van der Waals surface area contributed by atoms with Crippen LogP contribution in [0, 0.1) is 11.3 Å². The smallest absolute Gasteiger partial charge is 0.360 e. The van der Waals surface area contributed by atoms with Crippen LogP contribution in [0.25, 0.3) is 11.8 Å². The molecule has 2 rings (SSSR count). The Balaban J connectivity index is 2.43. The second-order valence-electron chi connectivity index (χ2n) is 6.16. The number of amides is 2. The summed E-state index contributed by atoms with van der Waals surface area (Å²) in [6.07, 6.45) is -3.30. The number of hydrogen-bond acceptors (Lipinski definition) is 6. The molecule has 0 aliphatic heterocycles. The van der Waals surface area contributed by atoms with Crippen molar-refractivity contribution in [3.63, 3.8) is 0 Å². The van der Waals surface area contributed by atoms with Crippen molar-refractivity contribution in [2.75, 3.05) is 23.1 Å². The Morgan fingerprint density at radius 2 is 2.00 bits per heavy atom. The van der Waals surface area contributed by atoms with Crippen LogP contribution in [0.4, 0.5) is 24.5 Å². The maximum Gasteiger partial charge on any atom is 0.405 e. The van der Waals surface area contributed by atoms with E-state index in [9.17, 15) is 32.8 Å². The van der Waals surface area contributed by atoms with Gasteiger partial charge >= 0.3 is 6.18 Å². The zero-order valence-corrected chi connectivity index (χ0v) is 18.1. The number of hydrogen-bond donors (Lipinski definition) is 3. The van der Waals surface area contributed by atoms with E-state index >= 15 is 0 Å². The van der Waals surface area contributed by atoms with Gasteiger partial charge in [-0.2, -0.15) is 18.4 Å². The lowest BCUT2D eigenvalue weighted by atomic mass is 10.3. The molecule has 1 aromatic heterocycles. The molecule has 2 amide bonds. The van der Waals surface area contributed by atoms with E-state index in [0.29, 0.717) is 11.4 Å². The SMILES string of the molecule is CCn1c(=O)/c(=C\Nc2cccc(NC(=O)CCl)c2)s/c1=C(/C#N)C(=O)NCC(F)(F)F. The van der Waals surface area contributed by atoms with Gasteiger partial charge in [0.25, 0.3) is 11.5 Å². The largest absolute Gasteiger partial charge is 0.405 e. The van der Waals surface area contributed by atoms with Crippen molar-refractivity contribution >= 4 is 57.9 Å². The Morgan fingerprint density at radius 1 is 1.31 bits per heavy atom. The van der Waals surface area contributed by atoms with E-state index in [1.165, 1.54) is 6.20 Å². The normalized spacial score (nSPS) is 12.7. The average molecular weight is 488 g/mol. The predicted octanol–water partition coefficient (Wildman–Crippen LogP) is 1.31. The molecule has 13 heteroatoms. The van der Waals surface area contributed by atoms with Gasteiger partial charge in [0, 0.05) is 24.1 Å². The number of halogens is 4. The summed E-state index contributed by atoms with van der Waals surface area (Å²) in [4.78, 5) is 36.1. The van der Waals surface area contributed by atoms with E-state index in [1.807, 2.05) is 0 Å². The zero-order chi connectivity index (χ0) is 23.9. The zero-order valence-electron chi connectivity index (χ0n) is 16.5. The molecule has 8 nitrogen and oxygen atoms in total. The lowest BCUT2D eigenvalue weighted by Gasteiger charge is -2.07. The Labute approximate surface area is 188 Å². The molecule has 0 saturated carbocycles. The van der Waals surface area contributed by atoms with Crippen LogP contribution in [0.5, 0.6) is 0 Å². The maximum atomic E-state index is 12.6. The molecule has 0 aliphatic carbocycles. The summed E-state index contributed by atoms with van der Waals surface area (Å²) in [5.74, 6) is -1.84. The van der Waals surface area contributed by atoms with E-state index in [-0.39, 0.29) is 21.6 Å². The Morgan fingerprint density at radius 3 is 2.59 bits per heavy atom. The van der Waals surface area contributed by atoms with E-state index in [2.05, 4.69) is 10.6 Å². The predicted molar refractivity (Wildman–Crippen MR) is 115 cm³/mol. The molecule has 0 unspecified atom stereocenters. The Kier molecular flexibility index (Phi) is 8.45. The van der Waals surface area contributed by atoms with Crippen molar-refractivity contribution in [2.24, 2.45) is 0 Å². The van der Waals surface area contributed by atoms with Crippen LogP contribution in [0.15, 0.2) is 29.1 Å². The first-order valence-corrected chi connectivity index (χ1v) is 10.4. The topological polar surface area (TPSA) is 116 Å². The van der Waals surface area contributed by atoms with Crippen molar-refractivity contribution in [1.29, 1.82) is 5.26 Å². The standard InChI is InChI=1S/C19H17ClF3N5O3S/c1-2-28-17(31)14(9-25-11-4-3-5-12(6-11)27-15(29)7-20)32-18(28)13(8-24)16(30)26-10-19(21,22)23/h3-6,9,25H,2,7,10H2,1H3,(H,26,30)(H,27,29)/b14-9+,18-13-. The number of alkyl halides is 4. The number of benzene rings is 1. The van der Waals surface area contributed by atoms with E-state index < -0.39 is 35.7 Å². The molecular weight excluding hydrogens is 471 g/mol. The molecular formula is C19H17ClF3N5O3S. The summed E-state index contributed by atoms with van der Waals surface area (Å²) in [6.45, 7) is 0.0898. The molecule has 0 bridgehead atoms. The molecule has 0 fully saturated rings. The Hall–Kier alpha value is -3.30. The number of thiazole rings is 1. The van der Waals surface area contributed by atoms with Crippen molar-refractivity contribution in [3.05, 3.63) is 43.8 Å². The van der Waals surface area contributed by atoms with Crippen LogP contribution < -0.4 is 30.7 Å². The van der Waals surface area contributed by atoms with Gasteiger partial charge in [0.05, 0.1) is 0 Å². The van der Waals surface area contributed by atoms with Crippen molar-refractivity contribution in [2.45, 2.75) is 19.6 Å². The second kappa shape index (κ2) is 10.8. The van der Waals surface area contributed by atoms with Crippen LogP contribution in [-0.2, 0) is 16.1 Å². The number of carbonyl (C=O) groups excluding carboxylic acids is 2. The van der Waals surface area contributed by atoms with Gasteiger partial charge in [0.15, 0.2) is 5.57 Å². The van der Waals surface area contributed by atoms with Gasteiger partial charge in [-0.3, -0.25) is 19.0 Å². The second-order valence-corrected chi connectivity index (χ2v) is 7.45. The van der Waals surface area contributed by atoms with Gasteiger partial charge < -0.3 is 16.0 Å². The third-order valence-corrected chi connectivity index (χ3v) is 5.24. The van der Waals surface area contributed by atoms with Crippen LogP contribution in [0.2, 0.25) is 0 Å². The molecule has 1 heterocycles. The monoisotopic (exact) mass is 487 g/mol. The summed E-state index contributed by atoms with van der Waals surface area (Å²) in [6, 6.07) is 8.11. The lowest BCUT2D eigenvalue weighted by Crippen LogP contribution is -2.37. The summed E-state index contributed by atoms with van der Waals surface area (Å²) < 4.78 is 38.3. The summed E-state index contributed by atoms with van der Waals surface area (Å²) in [7, 11) is 0. The fourth-order valence-corrected chi connectivity index (χ4v) is 3.64. The first-order chi connectivity index (χ1) is 15.1. The highest BCUT2D eigenvalue weighted by molar-refractivity contribution is 7.07. The Bertz CT molecular complexity index is 1230. The van der Waals surface area contributed by atoms with Crippen LogP contribution in [0.1, 0.15) is 6.92 Å². The maximum absolute atomic E-state index is 12.6. The first-order valence-electron chi connectivity index (χ1n) is 9.01. The van der Waals surface area contributed by atoms with E-state index in [0.717, 1.165) is 15.9 Å². The third kappa shape index (κ3) is 6.60. The number of rotatable bonds is 7. The third-order valence-electron chi connectivity index (χ3n) is 3.86. The van der Waals surface area contributed by atoms with Gasteiger partial charge in [-0.15, -0.1) is 22.9 Å². The van der Waals surface area contributed by atoms with Crippen LogP contribution >= 0.6 is 22.9 Å². The number of carbonyl (C=O) groups is 2. The molecule has 2 aromatic rings. The van der Waals surface area contributed by atoms with Crippen LogP contribution in [0.3, 0.4) is 0 Å². The number of nitrogens with one attached hydrogen (secondary N) is 3. The molecule has 0 aliphatic rings. The highest BCUT2D eigenvalue weighted by Crippen LogP contribution is 2.15. The average Bonchev–Trinajstić information content (AvgIpc) is 3.06. The summed E-state index contributed by atoms with van der Waals surface area (Å²) in [5.41, 5.74) is -0.137. The minimum atomic E-state index is -4.64. The number of aromatic nitrogens is 1. The molecule has 3 N–H and O–H groups in total. The van der Waals surface area contributed by atoms with Crippen LogP contribution in [-0.4, -0.2) is 35.0 Å². The molecule has 0 radical (unpaired) electrons. The molecule has 0 atom stereocenters. The fourth-order valence-electron chi connectivity index (χ4n) is 2.49. The summed E-state index contributed by atoms with van der Waals surface area (Å²) >= 11 is 6.24. The summed E-state index contributed by atoms with van der Waals surface area (Å²) in [5, 5.41) is 16.4. The van der Waals surface area contributed by atoms with Gasteiger partial charge in [-0.1, -0.05) is 6.07 Å². The van der Waals surface area contributed by atoms with Gasteiger partial charge in [-0.05, 0) is 25.1 Å². The van der Waals surface area contributed by atoms with Crippen molar-refractivity contribution in [1.82, 2.24) is 9.88 Å². The molecule has 0 spiro atoms. The highest BCUT2D eigenvalue weighted by Gasteiger charge is 2.28. The molecule has 32 heavy (non-hydrogen) atoms. The minimum Gasteiger partial charge on any atom is -0.360 e. The number of nitrogens with zero attached hydrogens (tertiary/aromatic N) is 2. The minimum absolute atomic E-state index is 0.0594. The quantitative estimate of drug-likeness (QED) is 0.509. The van der Waals surface area contributed by atoms with Crippen molar-refractivity contribution in [3.8, 4) is 6.07 Å². The number of anilines is 2. The van der Waals surface area contributed by atoms with Gasteiger partial charge in [-0.25, -0.2) is 0 Å². The lowest BCUT2D eigenvalue weighted by molar-refractivity contribution is -0.135. The van der Waals surface area contributed by atoms with Gasteiger partial charge in [0.1, 0.15) is 27.7 Å². The van der Waals surface area contributed by atoms with E-state index in [4.69, 9.17) is 11.6 Å². The van der Waals surface area contributed by atoms with Crippen molar-refractivity contribution < 1.29 is 22.8 Å². The highest BCUT2D eigenvalue weighted by atomic mass is 35.5. The molecule has 170 valence electrons. The molecule has 0 saturated heterocycles. The fraction of sp³-hybridized carbons (Fsp3) is 0.263. The van der Waals surface area contributed by atoms with E-state index in [1.54, 1.807) is 42.6 Å². The number of nitriles is 1. The van der Waals surface area contributed by atoms with Gasteiger partial charge in [0.2, 0.25) is 5.91 Å².